The van der Waals surface area contributed by atoms with Crippen LogP contribution in [0.4, 0.5) is 4.11 Å². The van der Waals surface area contributed by atoms with Crippen molar-refractivity contribution in [2.75, 3.05) is 0 Å². The maximum absolute atomic E-state index is 13.1. The standard InChI is InChI=1S/C7H10FSi.3C4H10N.Zr/c1-9(2,8)7-5-3-4-6-7;3*1-3-4(2)5;/h3-6H,1-2H3;3*4-5H,3H2,1-2H3;/q4*-1;+4. The van der Waals surface area contributed by atoms with Gasteiger partial charge in [-0.3, -0.25) is 0 Å². The van der Waals surface area contributed by atoms with Gasteiger partial charge >= 0.3 is 26.2 Å². The van der Waals surface area contributed by atoms with E-state index in [1.54, 1.807) is 13.1 Å². The van der Waals surface area contributed by atoms with Crippen LogP contribution in [-0.4, -0.2) is 26.5 Å². The van der Waals surface area contributed by atoms with Crippen LogP contribution in [0.5, 0.6) is 0 Å². The molecule has 0 fully saturated rings. The fraction of sp³-hybridized carbons (Fsp3) is 0.737. The Labute approximate surface area is 177 Å². The summed E-state index contributed by atoms with van der Waals surface area (Å²) in [6.07, 6.45) is 2.92. The minimum atomic E-state index is -2.48. The first-order valence-corrected chi connectivity index (χ1v) is 11.8. The quantitative estimate of drug-likeness (QED) is 0.263. The summed E-state index contributed by atoms with van der Waals surface area (Å²) in [5.74, 6) is 0. The van der Waals surface area contributed by atoms with Crippen molar-refractivity contribution in [3.8, 4) is 0 Å². The van der Waals surface area contributed by atoms with E-state index in [2.05, 4.69) is 0 Å². The molecule has 0 heterocycles. The van der Waals surface area contributed by atoms with E-state index < -0.39 is 8.41 Å². The van der Waals surface area contributed by atoms with E-state index in [9.17, 15) is 4.11 Å². The SMILES string of the molecule is CCC(C)[NH-].CCC(C)[NH-].CCC(C)[NH-].C[Si](C)(F)[c-]1cccc1.[Zr+4]. The molecule has 0 aliphatic heterocycles. The smallest absolute Gasteiger partial charge is 0.675 e. The van der Waals surface area contributed by atoms with Crippen LogP contribution in [0.15, 0.2) is 24.3 Å². The summed E-state index contributed by atoms with van der Waals surface area (Å²) in [5, 5.41) is 0.891. The van der Waals surface area contributed by atoms with Gasteiger partial charge in [0.25, 0.3) is 0 Å². The molecule has 1 aromatic rings. The molecule has 1 rings (SSSR count). The van der Waals surface area contributed by atoms with Crippen LogP contribution < -0.4 is 5.19 Å². The van der Waals surface area contributed by atoms with Gasteiger partial charge in [0, 0.05) is 0 Å². The van der Waals surface area contributed by atoms with Gasteiger partial charge in [-0.15, -0.1) is 23.3 Å². The molecule has 3 nitrogen and oxygen atoms in total. The molecule has 0 radical (unpaired) electrons. The Bertz CT molecular complexity index is 318. The van der Waals surface area contributed by atoms with Gasteiger partial charge in [-0.25, -0.2) is 12.1 Å². The Hall–Kier alpha value is 0.260. The maximum atomic E-state index is 13.1. The first-order valence-electron chi connectivity index (χ1n) is 8.96. The first-order chi connectivity index (χ1) is 10.9. The summed E-state index contributed by atoms with van der Waals surface area (Å²) >= 11 is 0. The van der Waals surface area contributed by atoms with E-state index >= 15 is 0 Å². The van der Waals surface area contributed by atoms with Crippen molar-refractivity contribution >= 4 is 13.6 Å². The van der Waals surface area contributed by atoms with Crippen LogP contribution in [-0.2, 0) is 26.2 Å². The number of halogens is 1. The van der Waals surface area contributed by atoms with E-state index in [-0.39, 0.29) is 44.3 Å². The van der Waals surface area contributed by atoms with E-state index in [0.29, 0.717) is 0 Å². The molecule has 3 unspecified atom stereocenters. The van der Waals surface area contributed by atoms with Gasteiger partial charge in [0.05, 0.1) is 0 Å². The Kier molecular flexibility index (Phi) is 27.1. The molecule has 3 atom stereocenters. The summed E-state index contributed by atoms with van der Waals surface area (Å²) in [6, 6.07) is 7.87. The molecule has 0 saturated heterocycles. The third-order valence-electron chi connectivity index (χ3n) is 3.19. The first kappa shape index (κ1) is 32.9. The van der Waals surface area contributed by atoms with Crippen LogP contribution in [0.3, 0.4) is 0 Å². The van der Waals surface area contributed by atoms with E-state index in [0.717, 1.165) is 24.4 Å². The minimum absolute atomic E-state index is 0. The van der Waals surface area contributed by atoms with Gasteiger partial charge in [0.15, 0.2) is 0 Å². The summed E-state index contributed by atoms with van der Waals surface area (Å²) < 4.78 is 13.1. The Morgan fingerprint density at radius 3 is 1.08 bits per heavy atom. The monoisotopic (exact) mass is 447 g/mol. The molecule has 1 aromatic carbocycles. The number of nitrogens with one attached hydrogen (secondary N) is 3. The van der Waals surface area contributed by atoms with E-state index in [1.807, 2.05) is 65.8 Å². The van der Waals surface area contributed by atoms with Crippen molar-refractivity contribution in [1.82, 2.24) is 0 Å². The van der Waals surface area contributed by atoms with Gasteiger partial charge in [-0.2, -0.15) is 12.1 Å². The summed E-state index contributed by atoms with van der Waals surface area (Å²) in [7, 11) is -2.48. The Morgan fingerprint density at radius 2 is 1.00 bits per heavy atom. The van der Waals surface area contributed by atoms with Gasteiger partial charge < -0.3 is 21.3 Å². The zero-order valence-electron chi connectivity index (χ0n) is 17.5. The molecule has 0 saturated carbocycles. The van der Waals surface area contributed by atoms with Crippen molar-refractivity contribution in [1.29, 1.82) is 0 Å². The van der Waals surface area contributed by atoms with Crippen molar-refractivity contribution < 1.29 is 30.3 Å². The minimum Gasteiger partial charge on any atom is -0.675 e. The molecule has 146 valence electrons. The Morgan fingerprint density at radius 1 is 0.800 bits per heavy atom. The third kappa shape index (κ3) is 32.4. The largest absolute Gasteiger partial charge is 4.00 e. The molecular formula is C19H40FN3SiZr. The second kappa shape index (κ2) is 20.6. The molecule has 0 aliphatic rings. The molecule has 0 spiro atoms. The van der Waals surface area contributed by atoms with Crippen LogP contribution in [0.2, 0.25) is 13.1 Å². The molecule has 25 heavy (non-hydrogen) atoms. The predicted molar refractivity (Wildman–Crippen MR) is 112 cm³/mol. The number of hydrogen-bond acceptors (Lipinski definition) is 0. The molecule has 0 aromatic heterocycles. The average molecular weight is 449 g/mol. The number of rotatable bonds is 4. The van der Waals surface area contributed by atoms with Gasteiger partial charge in [-0.05, 0) is 13.1 Å². The van der Waals surface area contributed by atoms with Crippen LogP contribution >= 0.6 is 0 Å². The molecule has 3 N–H and O–H groups in total. The van der Waals surface area contributed by atoms with Crippen LogP contribution in [0.1, 0.15) is 60.8 Å². The molecule has 0 bridgehead atoms. The molecule has 6 heteroatoms. The van der Waals surface area contributed by atoms with Gasteiger partial charge in [0.1, 0.15) is 0 Å². The van der Waals surface area contributed by atoms with Crippen LogP contribution in [0, 0.1) is 0 Å². The normalized spacial score (nSPS) is 13.3. The fourth-order valence-electron chi connectivity index (χ4n) is 0.770. The summed E-state index contributed by atoms with van der Waals surface area (Å²) in [6.45, 7) is 15.1. The summed E-state index contributed by atoms with van der Waals surface area (Å²) in [4.78, 5) is 0. The second-order valence-corrected chi connectivity index (χ2v) is 10.1. The molecular weight excluding hydrogens is 409 g/mol. The summed E-state index contributed by atoms with van der Waals surface area (Å²) in [5.41, 5.74) is 20.5. The third-order valence-corrected chi connectivity index (χ3v) is 4.89. The zero-order valence-corrected chi connectivity index (χ0v) is 21.0. The van der Waals surface area contributed by atoms with Crippen molar-refractivity contribution in [2.45, 2.75) is 92.0 Å². The van der Waals surface area contributed by atoms with Crippen molar-refractivity contribution in [3.05, 3.63) is 41.5 Å². The Balaban J connectivity index is -0.000000122. The van der Waals surface area contributed by atoms with Crippen molar-refractivity contribution in [2.24, 2.45) is 0 Å². The number of hydrogen-bond donors (Lipinski definition) is 0. The topological polar surface area (TPSA) is 71.4 Å². The van der Waals surface area contributed by atoms with Gasteiger partial charge in [0.2, 0.25) is 8.41 Å². The molecule has 0 amide bonds. The fourth-order valence-corrected chi connectivity index (χ4v) is 1.76. The zero-order chi connectivity index (χ0) is 19.8. The van der Waals surface area contributed by atoms with Gasteiger partial charge in [-0.1, -0.05) is 60.8 Å². The van der Waals surface area contributed by atoms with E-state index in [4.69, 9.17) is 17.2 Å². The second-order valence-electron chi connectivity index (χ2n) is 6.57. The maximum Gasteiger partial charge on any atom is 4.00 e. The predicted octanol–water partition coefficient (Wildman–Crippen LogP) is 7.30. The van der Waals surface area contributed by atoms with Crippen LogP contribution in [0.25, 0.3) is 17.2 Å². The average Bonchev–Trinajstić information content (AvgIpc) is 3.03. The van der Waals surface area contributed by atoms with E-state index in [1.165, 1.54) is 0 Å². The molecule has 0 aliphatic carbocycles. The van der Waals surface area contributed by atoms with Crippen molar-refractivity contribution in [3.63, 3.8) is 0 Å².